The monoisotopic (exact) mass is 200 g/mol. The van der Waals surface area contributed by atoms with Crippen molar-refractivity contribution in [2.45, 2.75) is 26.2 Å². The Kier molecular flexibility index (Phi) is 2.35. The third-order valence-corrected chi connectivity index (χ3v) is 2.84. The summed E-state index contributed by atoms with van der Waals surface area (Å²) in [6.07, 6.45) is 0. The molecule has 78 valence electrons. The molecule has 1 heterocycles. The molecule has 0 unspecified atom stereocenters. The topological polar surface area (TPSA) is 28.7 Å². The van der Waals surface area contributed by atoms with Crippen LogP contribution in [0.3, 0.4) is 0 Å². The second-order valence-electron chi connectivity index (χ2n) is 4.43. The van der Waals surface area contributed by atoms with E-state index >= 15 is 0 Å². The SMILES string of the molecule is Cc1cc(C(C)(C)c2ccccc2)n[nH]1. The van der Waals surface area contributed by atoms with Crippen molar-refractivity contribution in [3.8, 4) is 0 Å². The highest BCUT2D eigenvalue weighted by Gasteiger charge is 2.25. The molecule has 2 aromatic rings. The highest BCUT2D eigenvalue weighted by atomic mass is 15.1. The van der Waals surface area contributed by atoms with E-state index in [2.05, 4.69) is 54.4 Å². The predicted molar refractivity (Wildman–Crippen MR) is 61.9 cm³/mol. The molecule has 2 rings (SSSR count). The zero-order valence-electron chi connectivity index (χ0n) is 9.41. The molecule has 1 aromatic carbocycles. The van der Waals surface area contributed by atoms with Gasteiger partial charge in [-0.25, -0.2) is 0 Å². The Morgan fingerprint density at radius 3 is 2.33 bits per heavy atom. The zero-order chi connectivity index (χ0) is 10.9. The lowest BCUT2D eigenvalue weighted by Crippen LogP contribution is -2.19. The molecule has 0 saturated heterocycles. The number of H-pyrrole nitrogens is 1. The number of rotatable bonds is 2. The summed E-state index contributed by atoms with van der Waals surface area (Å²) in [5, 5.41) is 7.33. The lowest BCUT2D eigenvalue weighted by molar-refractivity contribution is 0.614. The van der Waals surface area contributed by atoms with Gasteiger partial charge in [0.05, 0.1) is 5.69 Å². The Balaban J connectivity index is 2.43. The van der Waals surface area contributed by atoms with Crippen LogP contribution >= 0.6 is 0 Å². The summed E-state index contributed by atoms with van der Waals surface area (Å²) in [4.78, 5) is 0. The first kappa shape index (κ1) is 9.97. The molecule has 0 bridgehead atoms. The van der Waals surface area contributed by atoms with E-state index < -0.39 is 0 Å². The van der Waals surface area contributed by atoms with E-state index in [1.165, 1.54) is 5.56 Å². The summed E-state index contributed by atoms with van der Waals surface area (Å²) in [5.41, 5.74) is 3.45. The highest BCUT2D eigenvalue weighted by Crippen LogP contribution is 2.29. The largest absolute Gasteiger partial charge is 0.283 e. The van der Waals surface area contributed by atoms with Crippen molar-refractivity contribution in [3.05, 3.63) is 53.3 Å². The van der Waals surface area contributed by atoms with Crippen LogP contribution in [0.2, 0.25) is 0 Å². The molecule has 0 aliphatic heterocycles. The van der Waals surface area contributed by atoms with Gasteiger partial charge in [0.1, 0.15) is 0 Å². The van der Waals surface area contributed by atoms with Crippen LogP contribution in [0.5, 0.6) is 0 Å². The van der Waals surface area contributed by atoms with E-state index in [-0.39, 0.29) is 5.41 Å². The maximum Gasteiger partial charge on any atom is 0.0724 e. The van der Waals surface area contributed by atoms with Gasteiger partial charge in [0, 0.05) is 11.1 Å². The van der Waals surface area contributed by atoms with Gasteiger partial charge in [-0.15, -0.1) is 0 Å². The maximum absolute atomic E-state index is 4.34. The predicted octanol–water partition coefficient (Wildman–Crippen LogP) is 3.04. The van der Waals surface area contributed by atoms with Gasteiger partial charge in [-0.1, -0.05) is 44.2 Å². The summed E-state index contributed by atoms with van der Waals surface area (Å²) in [6, 6.07) is 12.6. The Labute approximate surface area is 90.3 Å². The fourth-order valence-electron chi connectivity index (χ4n) is 1.74. The van der Waals surface area contributed by atoms with Crippen LogP contribution < -0.4 is 0 Å². The van der Waals surface area contributed by atoms with Crippen LogP contribution in [0, 0.1) is 6.92 Å². The van der Waals surface area contributed by atoms with Gasteiger partial charge in [-0.05, 0) is 18.6 Å². The molecule has 2 heteroatoms. The molecule has 0 fully saturated rings. The fourth-order valence-corrected chi connectivity index (χ4v) is 1.74. The van der Waals surface area contributed by atoms with Crippen LogP contribution in [0.15, 0.2) is 36.4 Å². The smallest absolute Gasteiger partial charge is 0.0724 e. The Hall–Kier alpha value is -1.57. The Bertz CT molecular complexity index is 441. The van der Waals surface area contributed by atoms with Crippen molar-refractivity contribution in [1.29, 1.82) is 0 Å². The molecular weight excluding hydrogens is 184 g/mol. The average molecular weight is 200 g/mol. The number of benzene rings is 1. The fraction of sp³-hybridized carbons (Fsp3) is 0.308. The Morgan fingerprint density at radius 1 is 1.13 bits per heavy atom. The summed E-state index contributed by atoms with van der Waals surface area (Å²) >= 11 is 0. The van der Waals surface area contributed by atoms with Crippen molar-refractivity contribution in [2.75, 3.05) is 0 Å². The van der Waals surface area contributed by atoms with Gasteiger partial charge in [-0.3, -0.25) is 5.10 Å². The number of nitrogens with zero attached hydrogens (tertiary/aromatic N) is 1. The van der Waals surface area contributed by atoms with E-state index in [4.69, 9.17) is 0 Å². The van der Waals surface area contributed by atoms with Crippen LogP contribution in [-0.2, 0) is 5.41 Å². The molecular formula is C13H16N2. The standard InChI is InChI=1S/C13H16N2/c1-10-9-12(15-14-10)13(2,3)11-7-5-4-6-8-11/h4-9H,1-3H3,(H,14,15). The van der Waals surface area contributed by atoms with Crippen molar-refractivity contribution < 1.29 is 0 Å². The zero-order valence-corrected chi connectivity index (χ0v) is 9.41. The average Bonchev–Trinajstić information content (AvgIpc) is 2.67. The minimum Gasteiger partial charge on any atom is -0.283 e. The highest BCUT2D eigenvalue weighted by molar-refractivity contribution is 5.33. The van der Waals surface area contributed by atoms with Gasteiger partial charge < -0.3 is 0 Å². The third kappa shape index (κ3) is 1.80. The molecule has 1 aromatic heterocycles. The van der Waals surface area contributed by atoms with Crippen LogP contribution in [0.1, 0.15) is 30.8 Å². The van der Waals surface area contributed by atoms with E-state index in [1.54, 1.807) is 0 Å². The second-order valence-corrected chi connectivity index (χ2v) is 4.43. The molecule has 2 nitrogen and oxygen atoms in total. The van der Waals surface area contributed by atoms with Gasteiger partial charge in [0.25, 0.3) is 0 Å². The van der Waals surface area contributed by atoms with Gasteiger partial charge in [0.15, 0.2) is 0 Å². The van der Waals surface area contributed by atoms with Crippen molar-refractivity contribution in [1.82, 2.24) is 10.2 Å². The molecule has 0 amide bonds. The van der Waals surface area contributed by atoms with Crippen molar-refractivity contribution in [2.24, 2.45) is 0 Å². The quantitative estimate of drug-likeness (QED) is 0.793. The summed E-state index contributed by atoms with van der Waals surface area (Å²) < 4.78 is 0. The lowest BCUT2D eigenvalue weighted by Gasteiger charge is -2.22. The van der Waals surface area contributed by atoms with E-state index in [1.807, 2.05) is 13.0 Å². The van der Waals surface area contributed by atoms with Crippen LogP contribution in [0.4, 0.5) is 0 Å². The Morgan fingerprint density at radius 2 is 1.80 bits per heavy atom. The van der Waals surface area contributed by atoms with E-state index in [0.717, 1.165) is 11.4 Å². The minimum absolute atomic E-state index is 0.0357. The summed E-state index contributed by atoms with van der Waals surface area (Å²) in [7, 11) is 0. The lowest BCUT2D eigenvalue weighted by atomic mass is 9.81. The van der Waals surface area contributed by atoms with Gasteiger partial charge >= 0.3 is 0 Å². The second kappa shape index (κ2) is 3.54. The third-order valence-electron chi connectivity index (χ3n) is 2.84. The molecule has 0 radical (unpaired) electrons. The summed E-state index contributed by atoms with van der Waals surface area (Å²) in [5.74, 6) is 0. The molecule has 0 saturated carbocycles. The molecule has 0 atom stereocenters. The van der Waals surface area contributed by atoms with Crippen molar-refractivity contribution in [3.63, 3.8) is 0 Å². The normalized spacial score (nSPS) is 11.7. The number of hydrogen-bond donors (Lipinski definition) is 1. The van der Waals surface area contributed by atoms with Gasteiger partial charge in [0.2, 0.25) is 0 Å². The number of aryl methyl sites for hydroxylation is 1. The van der Waals surface area contributed by atoms with Gasteiger partial charge in [-0.2, -0.15) is 5.10 Å². The molecule has 0 aliphatic rings. The number of hydrogen-bond acceptors (Lipinski definition) is 1. The first-order valence-electron chi connectivity index (χ1n) is 5.19. The molecule has 1 N–H and O–H groups in total. The van der Waals surface area contributed by atoms with Crippen LogP contribution in [0.25, 0.3) is 0 Å². The minimum atomic E-state index is -0.0357. The maximum atomic E-state index is 4.34. The number of aromatic nitrogens is 2. The first-order valence-corrected chi connectivity index (χ1v) is 5.19. The van der Waals surface area contributed by atoms with E-state index in [9.17, 15) is 0 Å². The number of aromatic amines is 1. The van der Waals surface area contributed by atoms with Crippen molar-refractivity contribution >= 4 is 0 Å². The first-order chi connectivity index (χ1) is 7.10. The van der Waals surface area contributed by atoms with E-state index in [0.29, 0.717) is 0 Å². The molecule has 15 heavy (non-hydrogen) atoms. The molecule has 0 spiro atoms. The summed E-state index contributed by atoms with van der Waals surface area (Å²) in [6.45, 7) is 6.41. The molecule has 0 aliphatic carbocycles. The number of nitrogens with one attached hydrogen (secondary N) is 1. The van der Waals surface area contributed by atoms with Crippen LogP contribution in [-0.4, -0.2) is 10.2 Å².